The van der Waals surface area contributed by atoms with Gasteiger partial charge in [0.05, 0.1) is 38.7 Å². The Kier molecular flexibility index (Phi) is 21.2. The Morgan fingerprint density at radius 1 is 0.452 bits per heavy atom. The predicted octanol–water partition coefficient (Wildman–Crippen LogP) is 16.1. The highest BCUT2D eigenvalue weighted by atomic mass is 79.9. The first-order valence-electron chi connectivity index (χ1n) is 25.5. The van der Waals surface area contributed by atoms with E-state index >= 15 is 0 Å². The first-order valence-corrected chi connectivity index (χ1v) is 30.6. The van der Waals surface area contributed by atoms with E-state index in [1.54, 1.807) is 51.0 Å². The maximum absolute atomic E-state index is 12.4. The van der Waals surface area contributed by atoms with Gasteiger partial charge >= 0.3 is 11.9 Å². The molecule has 0 atom stereocenters. The summed E-state index contributed by atoms with van der Waals surface area (Å²) in [4.78, 5) is 51.1. The maximum Gasteiger partial charge on any atom is 0.360 e. The molecule has 0 fully saturated rings. The van der Waals surface area contributed by atoms with Crippen LogP contribution in [0.5, 0.6) is 0 Å². The molecule has 0 saturated carbocycles. The van der Waals surface area contributed by atoms with Crippen molar-refractivity contribution in [3.8, 4) is 31.3 Å². The standard InChI is InChI=1S/C21H16ClN3O2S.C19H13ClN4OS.C15H10Cl2N2O2S.C6H6BrN/c1-2-27-21(26)19-20-16(12-18(28-20)14-3-5-15(22)6-4-14)17(24-25-19)11-13-7-9-23-10-8-13;20-13-3-1-12(2-4-13)16-10-14-15(9-11-5-7-22-8-6-11)23-24-17(19(21)25)18(14)26-16;1-2-21-15(20)12-13-10(14(17)19-18-12)7-11(22-13)8-3-5-9(16)6-4-8;7-5-6-1-3-8-4-2-6/h3-10,12H,2,11H2,1H3;1-8,10H,9H2,(H2,21,25);3-7H,2H2,1H3;1-4H,5H2. The second-order valence-corrected chi connectivity index (χ2v) is 23.2. The second-order valence-electron chi connectivity index (χ2n) is 17.8. The molecule has 9 heterocycles. The topological polar surface area (TPSA) is 212 Å². The molecule has 0 saturated heterocycles. The third-order valence-corrected chi connectivity index (χ3v) is 17.4. The number of carbonyl (C=O) groups excluding carboxylic acids is 3. The van der Waals surface area contributed by atoms with Gasteiger partial charge in [-0.25, -0.2) is 9.59 Å². The van der Waals surface area contributed by atoms with Gasteiger partial charge in [0.15, 0.2) is 22.2 Å². The van der Waals surface area contributed by atoms with Crippen molar-refractivity contribution < 1.29 is 23.9 Å². The van der Waals surface area contributed by atoms with Crippen molar-refractivity contribution in [2.24, 2.45) is 5.73 Å². The Labute approximate surface area is 522 Å². The molecule has 84 heavy (non-hydrogen) atoms. The number of rotatable bonds is 13. The number of esters is 2. The van der Waals surface area contributed by atoms with Gasteiger partial charge in [-0.2, -0.15) is 10.2 Å². The fraction of sp³-hybridized carbons (Fsp3) is 0.115. The first-order chi connectivity index (χ1) is 40.8. The Bertz CT molecular complexity index is 4230. The molecular weight excluding hydrogens is 1270 g/mol. The van der Waals surface area contributed by atoms with E-state index in [1.807, 2.05) is 121 Å². The summed E-state index contributed by atoms with van der Waals surface area (Å²) in [5.74, 6) is -1.54. The van der Waals surface area contributed by atoms with Gasteiger partial charge in [0.25, 0.3) is 5.91 Å². The van der Waals surface area contributed by atoms with Gasteiger partial charge < -0.3 is 15.2 Å². The van der Waals surface area contributed by atoms with Crippen LogP contribution >= 0.6 is 96.3 Å². The van der Waals surface area contributed by atoms with Gasteiger partial charge in [-0.3, -0.25) is 19.7 Å². The molecule has 12 aromatic rings. The van der Waals surface area contributed by atoms with E-state index in [2.05, 4.69) is 67.5 Å². The largest absolute Gasteiger partial charge is 0.461 e. The lowest BCUT2D eigenvalue weighted by atomic mass is 10.1. The number of carbonyl (C=O) groups is 3. The number of pyridine rings is 3. The van der Waals surface area contributed by atoms with Crippen molar-refractivity contribution in [1.29, 1.82) is 0 Å². The normalized spacial score (nSPS) is 10.8. The van der Waals surface area contributed by atoms with Gasteiger partial charge in [0, 0.05) is 101 Å². The first kappa shape index (κ1) is 60.9. The summed E-state index contributed by atoms with van der Waals surface area (Å²) < 4.78 is 12.4. The van der Waals surface area contributed by atoms with Gasteiger partial charge in [0.2, 0.25) is 0 Å². The van der Waals surface area contributed by atoms with E-state index in [4.69, 9.17) is 61.6 Å². The maximum atomic E-state index is 12.4. The molecule has 15 nitrogen and oxygen atoms in total. The summed E-state index contributed by atoms with van der Waals surface area (Å²) in [7, 11) is 0. The van der Waals surface area contributed by atoms with Crippen LogP contribution in [0.4, 0.5) is 0 Å². The number of amides is 1. The molecule has 0 bridgehead atoms. The Morgan fingerprint density at radius 3 is 1.14 bits per heavy atom. The van der Waals surface area contributed by atoms with E-state index < -0.39 is 17.8 Å². The molecule has 1 amide bonds. The van der Waals surface area contributed by atoms with E-state index in [0.717, 1.165) is 79.3 Å². The minimum atomic E-state index is -0.581. The number of fused-ring (bicyclic) bond motifs is 3. The Hall–Kier alpha value is -7.72. The number of ether oxygens (including phenoxy) is 2. The number of benzene rings is 3. The summed E-state index contributed by atoms with van der Waals surface area (Å²) in [6, 6.07) is 40.3. The third-order valence-electron chi connectivity index (χ3n) is 12.2. The number of thiophene rings is 3. The molecule has 3 aromatic carbocycles. The average Bonchev–Trinajstić information content (AvgIpc) is 4.38. The van der Waals surface area contributed by atoms with Crippen LogP contribution < -0.4 is 5.73 Å². The monoisotopic (exact) mass is 1310 g/mol. The average molecular weight is 1320 g/mol. The lowest BCUT2D eigenvalue weighted by molar-refractivity contribution is 0.0511. The number of primary amides is 1. The quantitative estimate of drug-likeness (QED) is 0.0841. The SMILES string of the molecule is BrCc1ccncc1.CCOC(=O)c1nnc(Cc2ccncc2)c2cc(-c3ccc(Cl)cc3)sc12.CCOC(=O)c1nnc(Cl)c2cc(-c3ccc(Cl)cc3)sc12.NC(=O)c1nnc(Cc2ccncc2)c2cc(-c3ccc(Cl)cc3)sc12. The van der Waals surface area contributed by atoms with E-state index in [9.17, 15) is 14.4 Å². The van der Waals surface area contributed by atoms with Crippen molar-refractivity contribution >= 4 is 144 Å². The van der Waals surface area contributed by atoms with Crippen molar-refractivity contribution in [3.63, 3.8) is 0 Å². The molecule has 0 spiro atoms. The third kappa shape index (κ3) is 15.3. The van der Waals surface area contributed by atoms with E-state index in [-0.39, 0.29) is 35.4 Å². The highest BCUT2D eigenvalue weighted by Gasteiger charge is 2.23. The van der Waals surface area contributed by atoms with Gasteiger partial charge in [-0.05, 0) is 138 Å². The van der Waals surface area contributed by atoms with Gasteiger partial charge in [-0.15, -0.1) is 54.4 Å². The summed E-state index contributed by atoms with van der Waals surface area (Å²) >= 11 is 31.7. The van der Waals surface area contributed by atoms with Crippen LogP contribution in [0.25, 0.3) is 61.6 Å². The number of hydrogen-bond acceptors (Lipinski definition) is 17. The minimum Gasteiger partial charge on any atom is -0.461 e. The zero-order valence-corrected chi connectivity index (χ0v) is 51.4. The number of aromatic nitrogens is 9. The number of hydrogen-bond donors (Lipinski definition) is 1. The molecule has 0 unspecified atom stereocenters. The van der Waals surface area contributed by atoms with Crippen LogP contribution in [0.3, 0.4) is 0 Å². The highest BCUT2D eigenvalue weighted by Crippen LogP contribution is 2.40. The van der Waals surface area contributed by atoms with Crippen LogP contribution in [0.2, 0.25) is 20.2 Å². The Balaban J connectivity index is 0.000000142. The lowest BCUT2D eigenvalue weighted by Crippen LogP contribution is -2.14. The molecule has 0 aliphatic rings. The zero-order valence-electron chi connectivity index (χ0n) is 44.4. The molecule has 0 radical (unpaired) electrons. The molecule has 23 heteroatoms. The smallest absolute Gasteiger partial charge is 0.360 e. The number of nitrogens with two attached hydrogens (primary N) is 1. The van der Waals surface area contributed by atoms with Gasteiger partial charge in [0.1, 0.15) is 0 Å². The summed E-state index contributed by atoms with van der Waals surface area (Å²) in [6.45, 7) is 4.08. The van der Waals surface area contributed by atoms with Crippen LogP contribution in [0.15, 0.2) is 165 Å². The van der Waals surface area contributed by atoms with Crippen LogP contribution in [0, 0.1) is 0 Å². The van der Waals surface area contributed by atoms with Crippen LogP contribution in [-0.4, -0.2) is 76.6 Å². The van der Waals surface area contributed by atoms with E-state index in [0.29, 0.717) is 38.0 Å². The van der Waals surface area contributed by atoms with Crippen molar-refractivity contribution in [3.05, 3.63) is 230 Å². The number of alkyl halides is 1. The van der Waals surface area contributed by atoms with Crippen molar-refractivity contribution in [1.82, 2.24) is 45.5 Å². The molecule has 0 aliphatic carbocycles. The lowest BCUT2D eigenvalue weighted by Gasteiger charge is -2.05. The number of nitrogens with zero attached hydrogens (tertiary/aromatic N) is 9. The summed E-state index contributed by atoms with van der Waals surface area (Å²) in [5.41, 5.74) is 14.2. The summed E-state index contributed by atoms with van der Waals surface area (Å²) in [6.07, 6.45) is 11.8. The van der Waals surface area contributed by atoms with E-state index in [1.165, 1.54) is 39.6 Å². The number of halogens is 5. The fourth-order valence-corrected chi connectivity index (χ4v) is 12.6. The molecule has 2 N–H and O–H groups in total. The minimum absolute atomic E-state index is 0.187. The predicted molar refractivity (Wildman–Crippen MR) is 340 cm³/mol. The second kappa shape index (κ2) is 29.2. The highest BCUT2D eigenvalue weighted by molar-refractivity contribution is 9.08. The molecule has 422 valence electrons. The zero-order chi connectivity index (χ0) is 59.1. The van der Waals surface area contributed by atoms with Crippen molar-refractivity contribution in [2.75, 3.05) is 13.2 Å². The van der Waals surface area contributed by atoms with Gasteiger partial charge in [-0.1, -0.05) is 98.7 Å². The molecular formula is C61H45BrCl4N10O5S3. The fourth-order valence-electron chi connectivity index (χ4n) is 8.11. The molecule has 0 aliphatic heterocycles. The molecule has 12 rings (SSSR count). The molecule has 9 aromatic heterocycles. The summed E-state index contributed by atoms with van der Waals surface area (Å²) in [5, 5.41) is 30.3. The Morgan fingerprint density at radius 2 is 0.786 bits per heavy atom. The van der Waals surface area contributed by atoms with Crippen LogP contribution in [0.1, 0.15) is 73.4 Å². The van der Waals surface area contributed by atoms with Crippen molar-refractivity contribution in [2.45, 2.75) is 32.0 Å². The van der Waals surface area contributed by atoms with Crippen LogP contribution in [-0.2, 0) is 27.6 Å².